The minimum atomic E-state index is -0.560. The van der Waals surface area contributed by atoms with Gasteiger partial charge in [-0.2, -0.15) is 10.4 Å². The smallest absolute Gasteiger partial charge is 0.269 e. The predicted octanol–water partition coefficient (Wildman–Crippen LogP) is 2.18. The first-order valence-electron chi connectivity index (χ1n) is 9.11. The number of amides is 1. The number of nitriles is 1. The number of hydrogen-bond donors (Lipinski definition) is 2. The van der Waals surface area contributed by atoms with Crippen LogP contribution in [0, 0.1) is 18.3 Å². The van der Waals surface area contributed by atoms with Gasteiger partial charge in [0.05, 0.1) is 12.8 Å². The maximum absolute atomic E-state index is 12.6. The molecule has 0 aliphatic carbocycles. The number of aromatic nitrogens is 1. The van der Waals surface area contributed by atoms with E-state index in [0.29, 0.717) is 16.8 Å². The van der Waals surface area contributed by atoms with Gasteiger partial charge in [-0.25, -0.2) is 5.43 Å². The Morgan fingerprint density at radius 2 is 2.10 bits per heavy atom. The highest BCUT2D eigenvalue weighted by molar-refractivity contribution is 6.02. The van der Waals surface area contributed by atoms with E-state index in [-0.39, 0.29) is 24.5 Å². The summed E-state index contributed by atoms with van der Waals surface area (Å²) < 4.78 is 6.22. The van der Waals surface area contributed by atoms with Gasteiger partial charge in [-0.15, -0.1) is 0 Å². The Morgan fingerprint density at radius 3 is 2.83 bits per heavy atom. The number of nitrogens with one attached hydrogen (secondary N) is 1. The summed E-state index contributed by atoms with van der Waals surface area (Å²) in [5.74, 6) is -0.509. The van der Waals surface area contributed by atoms with Crippen molar-refractivity contribution in [3.63, 3.8) is 0 Å². The number of carbonyl (C=O) groups excluding carboxylic acids is 1. The molecule has 0 saturated carbocycles. The number of benzene rings is 2. The first-order chi connectivity index (χ1) is 14.5. The van der Waals surface area contributed by atoms with Crippen molar-refractivity contribution in [1.82, 2.24) is 9.99 Å². The highest BCUT2D eigenvalue weighted by Crippen LogP contribution is 2.25. The van der Waals surface area contributed by atoms with E-state index in [1.54, 1.807) is 25.1 Å². The van der Waals surface area contributed by atoms with Crippen molar-refractivity contribution >= 4 is 22.9 Å². The van der Waals surface area contributed by atoms with Gasteiger partial charge in [0.2, 0.25) is 0 Å². The lowest BCUT2D eigenvalue weighted by molar-refractivity contribution is -0.121. The van der Waals surface area contributed by atoms with Gasteiger partial charge in [0.15, 0.2) is 0 Å². The molecule has 0 radical (unpaired) electrons. The van der Waals surface area contributed by atoms with Crippen molar-refractivity contribution in [2.24, 2.45) is 5.10 Å². The van der Waals surface area contributed by atoms with E-state index in [1.807, 2.05) is 30.3 Å². The van der Waals surface area contributed by atoms with Gasteiger partial charge in [0.25, 0.3) is 11.5 Å². The summed E-state index contributed by atoms with van der Waals surface area (Å²) in [5, 5.41) is 25.0. The number of aryl methyl sites for hydroxylation is 1. The second-order valence-electron chi connectivity index (χ2n) is 6.63. The molecule has 0 spiro atoms. The van der Waals surface area contributed by atoms with Gasteiger partial charge < -0.3 is 14.4 Å². The third kappa shape index (κ3) is 4.21. The zero-order chi connectivity index (χ0) is 21.7. The van der Waals surface area contributed by atoms with Crippen LogP contribution in [0.25, 0.3) is 10.8 Å². The summed E-state index contributed by atoms with van der Waals surface area (Å²) >= 11 is 0. The molecule has 2 aromatic carbocycles. The molecule has 0 unspecified atom stereocenters. The largest absolute Gasteiger partial charge is 0.507 e. The van der Waals surface area contributed by atoms with Crippen LogP contribution in [0.2, 0.25) is 0 Å². The first kappa shape index (κ1) is 20.8. The molecule has 3 aromatic rings. The number of aromatic hydroxyl groups is 1. The van der Waals surface area contributed by atoms with Crippen molar-refractivity contribution in [3.05, 3.63) is 75.2 Å². The summed E-state index contributed by atoms with van der Waals surface area (Å²) in [7, 11) is 1.47. The lowest BCUT2D eigenvalue weighted by Gasteiger charge is -2.12. The minimum absolute atomic E-state index is 0.0335. The average Bonchev–Trinajstić information content (AvgIpc) is 2.73. The van der Waals surface area contributed by atoms with Crippen LogP contribution in [0.1, 0.15) is 22.4 Å². The normalized spacial score (nSPS) is 11.0. The Morgan fingerprint density at radius 1 is 1.33 bits per heavy atom. The van der Waals surface area contributed by atoms with Crippen LogP contribution in [0.4, 0.5) is 0 Å². The van der Waals surface area contributed by atoms with Crippen molar-refractivity contribution in [2.45, 2.75) is 20.1 Å². The molecule has 0 aliphatic heterocycles. The van der Waals surface area contributed by atoms with Gasteiger partial charge in [-0.05, 0) is 29.8 Å². The van der Waals surface area contributed by atoms with Crippen molar-refractivity contribution in [3.8, 4) is 11.8 Å². The standard InChI is InChI=1S/C22H20N4O4/c1-14-9-16(13-30-2)18(10-23)22(29)26(14)12-21(28)25-24-11-19-17-6-4-3-5-15(17)7-8-20(19)27/h3-9,11,27H,12-13H2,1-2H3,(H,25,28)/b24-11-. The molecule has 8 heteroatoms. The van der Waals surface area contributed by atoms with Gasteiger partial charge >= 0.3 is 0 Å². The Labute approximate surface area is 172 Å². The van der Waals surface area contributed by atoms with Crippen LogP contribution in [0.3, 0.4) is 0 Å². The molecule has 0 fully saturated rings. The molecule has 1 amide bonds. The zero-order valence-electron chi connectivity index (χ0n) is 16.5. The molecule has 1 heterocycles. The third-order valence-electron chi connectivity index (χ3n) is 4.63. The fourth-order valence-corrected chi connectivity index (χ4v) is 3.19. The Bertz CT molecular complexity index is 1240. The van der Waals surface area contributed by atoms with Crippen LogP contribution in [-0.2, 0) is 22.7 Å². The van der Waals surface area contributed by atoms with E-state index in [2.05, 4.69) is 10.5 Å². The predicted molar refractivity (Wildman–Crippen MR) is 112 cm³/mol. The number of nitrogens with zero attached hydrogens (tertiary/aromatic N) is 3. The maximum Gasteiger partial charge on any atom is 0.269 e. The zero-order valence-corrected chi connectivity index (χ0v) is 16.5. The van der Waals surface area contributed by atoms with E-state index in [0.717, 1.165) is 10.8 Å². The number of fused-ring (bicyclic) bond motifs is 1. The number of hydrazone groups is 1. The molecule has 0 aliphatic rings. The lowest BCUT2D eigenvalue weighted by Crippen LogP contribution is -2.33. The number of hydrogen-bond acceptors (Lipinski definition) is 6. The molecule has 30 heavy (non-hydrogen) atoms. The van der Waals surface area contributed by atoms with E-state index in [4.69, 9.17) is 4.74 Å². The quantitative estimate of drug-likeness (QED) is 0.482. The summed E-state index contributed by atoms with van der Waals surface area (Å²) in [6.07, 6.45) is 1.35. The molecule has 0 saturated heterocycles. The number of methoxy groups -OCH3 is 1. The highest BCUT2D eigenvalue weighted by atomic mass is 16.5. The Kier molecular flexibility index (Phi) is 6.25. The SMILES string of the molecule is COCc1cc(C)n(CC(=O)N/N=C\c2c(O)ccc3ccccc23)c(=O)c1C#N. The maximum atomic E-state index is 12.6. The second kappa shape index (κ2) is 9.03. The molecule has 2 N–H and O–H groups in total. The monoisotopic (exact) mass is 404 g/mol. The molecule has 3 rings (SSSR count). The van der Waals surface area contributed by atoms with Crippen LogP contribution in [0.15, 0.2) is 52.4 Å². The first-order valence-corrected chi connectivity index (χ1v) is 9.11. The number of rotatable bonds is 6. The van der Waals surface area contributed by atoms with Crippen LogP contribution in [0.5, 0.6) is 5.75 Å². The van der Waals surface area contributed by atoms with E-state index in [9.17, 15) is 20.0 Å². The van der Waals surface area contributed by atoms with Gasteiger partial charge in [0, 0.05) is 23.9 Å². The van der Waals surface area contributed by atoms with E-state index >= 15 is 0 Å². The topological polar surface area (TPSA) is 117 Å². The molecule has 0 atom stereocenters. The second-order valence-corrected chi connectivity index (χ2v) is 6.63. The van der Waals surface area contributed by atoms with Crippen LogP contribution >= 0.6 is 0 Å². The van der Waals surface area contributed by atoms with Gasteiger partial charge in [-0.3, -0.25) is 9.59 Å². The van der Waals surface area contributed by atoms with Crippen molar-refractivity contribution < 1.29 is 14.6 Å². The number of phenolic OH excluding ortho intramolecular Hbond substituents is 1. The van der Waals surface area contributed by atoms with Crippen molar-refractivity contribution in [2.75, 3.05) is 7.11 Å². The molecule has 1 aromatic heterocycles. The van der Waals surface area contributed by atoms with Crippen molar-refractivity contribution in [1.29, 1.82) is 5.26 Å². The van der Waals surface area contributed by atoms with E-state index < -0.39 is 11.5 Å². The summed E-state index contributed by atoms with van der Waals surface area (Å²) in [4.78, 5) is 24.9. The Hall–Kier alpha value is -3.96. The number of phenols is 1. The third-order valence-corrected chi connectivity index (χ3v) is 4.63. The van der Waals surface area contributed by atoms with Gasteiger partial charge in [0.1, 0.15) is 23.9 Å². The summed E-state index contributed by atoms with van der Waals surface area (Å²) in [6, 6.07) is 14.3. The molecule has 152 valence electrons. The molecular formula is C22H20N4O4. The highest BCUT2D eigenvalue weighted by Gasteiger charge is 2.15. The van der Waals surface area contributed by atoms with Gasteiger partial charge in [-0.1, -0.05) is 30.3 Å². The number of pyridine rings is 1. The van der Waals surface area contributed by atoms with Crippen LogP contribution in [-0.4, -0.2) is 28.9 Å². The van der Waals surface area contributed by atoms with E-state index in [1.165, 1.54) is 17.9 Å². The molecule has 0 bridgehead atoms. The Balaban J connectivity index is 1.80. The fraction of sp³-hybridized carbons (Fsp3) is 0.182. The van der Waals surface area contributed by atoms with Crippen LogP contribution < -0.4 is 11.0 Å². The summed E-state index contributed by atoms with van der Waals surface area (Å²) in [6.45, 7) is 1.50. The number of ether oxygens (including phenoxy) is 1. The molecule has 8 nitrogen and oxygen atoms in total. The average molecular weight is 404 g/mol. The minimum Gasteiger partial charge on any atom is -0.507 e. The summed E-state index contributed by atoms with van der Waals surface area (Å²) in [5.41, 5.74) is 3.21. The molecular weight excluding hydrogens is 384 g/mol. The number of carbonyl (C=O) groups is 1. The fourth-order valence-electron chi connectivity index (χ4n) is 3.19. The lowest BCUT2D eigenvalue weighted by atomic mass is 10.0.